The maximum Gasteiger partial charge on any atom is 0.241 e. The van der Waals surface area contributed by atoms with Crippen LogP contribution in [0.5, 0.6) is 5.75 Å². The molecule has 4 heteroatoms. The molecule has 2 rings (SSSR count). The fourth-order valence-corrected chi connectivity index (χ4v) is 2.81. The minimum absolute atomic E-state index is 0.163. The van der Waals surface area contributed by atoms with Crippen molar-refractivity contribution in [1.82, 2.24) is 4.90 Å². The highest BCUT2D eigenvalue weighted by atomic mass is 16.5. The van der Waals surface area contributed by atoms with E-state index in [1.807, 2.05) is 43.1 Å². The number of amides is 1. The van der Waals surface area contributed by atoms with Gasteiger partial charge < -0.3 is 15.0 Å². The zero-order valence-electron chi connectivity index (χ0n) is 13.1. The van der Waals surface area contributed by atoms with Gasteiger partial charge >= 0.3 is 0 Å². The molecule has 1 aliphatic carbocycles. The smallest absolute Gasteiger partial charge is 0.241 e. The average molecular weight is 290 g/mol. The molecule has 0 unspecified atom stereocenters. The highest BCUT2D eigenvalue weighted by Crippen LogP contribution is 2.21. The standard InChI is InChI=1S/C17H26N2O2/c1-3-21-16-11-9-14(10-12-16)18-13-17(20)19(2)15-7-5-4-6-8-15/h9-12,15,18H,3-8,13H2,1-2H3. The molecule has 0 heterocycles. The summed E-state index contributed by atoms with van der Waals surface area (Å²) >= 11 is 0. The van der Waals surface area contributed by atoms with Crippen LogP contribution in [0.2, 0.25) is 0 Å². The summed E-state index contributed by atoms with van der Waals surface area (Å²) in [6.45, 7) is 2.98. The number of nitrogens with zero attached hydrogens (tertiary/aromatic N) is 1. The highest BCUT2D eigenvalue weighted by molar-refractivity contribution is 5.81. The van der Waals surface area contributed by atoms with E-state index < -0.39 is 0 Å². The zero-order valence-corrected chi connectivity index (χ0v) is 13.1. The van der Waals surface area contributed by atoms with E-state index in [1.165, 1.54) is 19.3 Å². The number of nitrogens with one attached hydrogen (secondary N) is 1. The fraction of sp³-hybridized carbons (Fsp3) is 0.588. The Labute approximate surface area is 127 Å². The second kappa shape index (κ2) is 7.91. The van der Waals surface area contributed by atoms with Crippen LogP contribution < -0.4 is 10.1 Å². The van der Waals surface area contributed by atoms with Crippen LogP contribution in [-0.4, -0.2) is 37.0 Å². The topological polar surface area (TPSA) is 41.6 Å². The second-order valence-electron chi connectivity index (χ2n) is 5.61. The van der Waals surface area contributed by atoms with Gasteiger partial charge in [0.05, 0.1) is 13.2 Å². The Hall–Kier alpha value is -1.71. The lowest BCUT2D eigenvalue weighted by atomic mass is 9.94. The molecule has 0 bridgehead atoms. The van der Waals surface area contributed by atoms with E-state index in [1.54, 1.807) is 0 Å². The van der Waals surface area contributed by atoms with E-state index in [4.69, 9.17) is 4.74 Å². The van der Waals surface area contributed by atoms with Gasteiger partial charge in [0.15, 0.2) is 0 Å². The molecule has 1 saturated carbocycles. The Morgan fingerprint density at radius 3 is 2.52 bits per heavy atom. The van der Waals surface area contributed by atoms with E-state index in [9.17, 15) is 4.79 Å². The van der Waals surface area contributed by atoms with Gasteiger partial charge in [0.1, 0.15) is 5.75 Å². The van der Waals surface area contributed by atoms with Crippen LogP contribution >= 0.6 is 0 Å². The third-order valence-corrected chi connectivity index (χ3v) is 4.12. The molecule has 116 valence electrons. The Kier molecular flexibility index (Phi) is 5.90. The van der Waals surface area contributed by atoms with Gasteiger partial charge in [-0.25, -0.2) is 0 Å². The Bertz CT molecular complexity index is 439. The molecule has 1 aromatic rings. The van der Waals surface area contributed by atoms with E-state index in [2.05, 4.69) is 5.32 Å². The Morgan fingerprint density at radius 1 is 1.24 bits per heavy atom. The van der Waals surface area contributed by atoms with Crippen molar-refractivity contribution in [1.29, 1.82) is 0 Å². The highest BCUT2D eigenvalue weighted by Gasteiger charge is 2.21. The molecule has 1 amide bonds. The summed E-state index contributed by atoms with van der Waals surface area (Å²) in [7, 11) is 1.93. The summed E-state index contributed by atoms with van der Waals surface area (Å²) in [5.41, 5.74) is 0.948. The fourth-order valence-electron chi connectivity index (χ4n) is 2.81. The van der Waals surface area contributed by atoms with Crippen LogP contribution in [0.15, 0.2) is 24.3 Å². The van der Waals surface area contributed by atoms with Crippen molar-refractivity contribution >= 4 is 11.6 Å². The van der Waals surface area contributed by atoms with Gasteiger partial charge in [0, 0.05) is 18.8 Å². The summed E-state index contributed by atoms with van der Waals surface area (Å²) in [5.74, 6) is 1.02. The molecule has 21 heavy (non-hydrogen) atoms. The molecule has 1 fully saturated rings. The van der Waals surface area contributed by atoms with Crippen molar-refractivity contribution < 1.29 is 9.53 Å². The molecule has 0 spiro atoms. The van der Waals surface area contributed by atoms with E-state index in [-0.39, 0.29) is 5.91 Å². The largest absolute Gasteiger partial charge is 0.494 e. The third kappa shape index (κ3) is 4.66. The molecule has 0 radical (unpaired) electrons. The molecule has 0 aromatic heterocycles. The Balaban J connectivity index is 1.79. The SMILES string of the molecule is CCOc1ccc(NCC(=O)N(C)C2CCCCC2)cc1. The van der Waals surface area contributed by atoms with Crippen LogP contribution in [0.4, 0.5) is 5.69 Å². The number of hydrogen-bond donors (Lipinski definition) is 1. The molecule has 0 atom stereocenters. The second-order valence-corrected chi connectivity index (χ2v) is 5.61. The summed E-state index contributed by atoms with van der Waals surface area (Å²) in [6, 6.07) is 8.15. The number of hydrogen-bond acceptors (Lipinski definition) is 3. The van der Waals surface area contributed by atoms with Crippen LogP contribution in [0.1, 0.15) is 39.0 Å². The van der Waals surface area contributed by atoms with Crippen molar-refractivity contribution in [3.8, 4) is 5.75 Å². The van der Waals surface area contributed by atoms with E-state index in [0.717, 1.165) is 24.3 Å². The number of carbonyl (C=O) groups is 1. The van der Waals surface area contributed by atoms with Crippen LogP contribution in [-0.2, 0) is 4.79 Å². The predicted octanol–water partition coefficient (Wildman–Crippen LogP) is 3.29. The molecule has 0 saturated heterocycles. The molecule has 1 N–H and O–H groups in total. The molecule has 0 aliphatic heterocycles. The summed E-state index contributed by atoms with van der Waals surface area (Å²) in [6.07, 6.45) is 6.09. The summed E-state index contributed by atoms with van der Waals surface area (Å²) in [5, 5.41) is 3.19. The van der Waals surface area contributed by atoms with Crippen molar-refractivity contribution in [2.24, 2.45) is 0 Å². The lowest BCUT2D eigenvalue weighted by Crippen LogP contribution is -2.41. The van der Waals surface area contributed by atoms with Crippen molar-refractivity contribution in [2.45, 2.75) is 45.1 Å². The van der Waals surface area contributed by atoms with Crippen molar-refractivity contribution in [2.75, 3.05) is 25.5 Å². The normalized spacial score (nSPS) is 15.5. The summed E-state index contributed by atoms with van der Waals surface area (Å²) in [4.78, 5) is 14.1. The first-order valence-corrected chi connectivity index (χ1v) is 7.93. The number of ether oxygens (including phenoxy) is 1. The minimum Gasteiger partial charge on any atom is -0.494 e. The molecule has 4 nitrogen and oxygen atoms in total. The average Bonchev–Trinajstić information content (AvgIpc) is 2.54. The Morgan fingerprint density at radius 2 is 1.90 bits per heavy atom. The quantitative estimate of drug-likeness (QED) is 0.874. The van der Waals surface area contributed by atoms with Gasteiger partial charge in [0.25, 0.3) is 0 Å². The minimum atomic E-state index is 0.163. The van der Waals surface area contributed by atoms with Gasteiger partial charge in [0.2, 0.25) is 5.91 Å². The van der Waals surface area contributed by atoms with Crippen LogP contribution in [0.25, 0.3) is 0 Å². The third-order valence-electron chi connectivity index (χ3n) is 4.12. The number of likely N-dealkylation sites (N-methyl/N-ethyl adjacent to an activating group) is 1. The van der Waals surface area contributed by atoms with Crippen LogP contribution in [0, 0.1) is 0 Å². The zero-order chi connectivity index (χ0) is 15.1. The van der Waals surface area contributed by atoms with Crippen molar-refractivity contribution in [3.05, 3.63) is 24.3 Å². The van der Waals surface area contributed by atoms with Crippen molar-refractivity contribution in [3.63, 3.8) is 0 Å². The van der Waals surface area contributed by atoms with E-state index >= 15 is 0 Å². The first kappa shape index (κ1) is 15.7. The number of rotatable bonds is 6. The molecular formula is C17H26N2O2. The lowest BCUT2D eigenvalue weighted by molar-refractivity contribution is -0.130. The number of carbonyl (C=O) groups excluding carboxylic acids is 1. The monoisotopic (exact) mass is 290 g/mol. The maximum atomic E-state index is 12.2. The predicted molar refractivity (Wildman–Crippen MR) is 85.7 cm³/mol. The van der Waals surface area contributed by atoms with Gasteiger partial charge in [-0.2, -0.15) is 0 Å². The van der Waals surface area contributed by atoms with E-state index in [0.29, 0.717) is 19.2 Å². The summed E-state index contributed by atoms with van der Waals surface area (Å²) < 4.78 is 5.40. The molecule has 1 aromatic carbocycles. The molecular weight excluding hydrogens is 264 g/mol. The van der Waals surface area contributed by atoms with Gasteiger partial charge in [-0.3, -0.25) is 4.79 Å². The molecule has 1 aliphatic rings. The van der Waals surface area contributed by atoms with Gasteiger partial charge in [-0.15, -0.1) is 0 Å². The van der Waals surface area contributed by atoms with Crippen LogP contribution in [0.3, 0.4) is 0 Å². The van der Waals surface area contributed by atoms with Gasteiger partial charge in [-0.05, 0) is 44.0 Å². The number of benzene rings is 1. The lowest BCUT2D eigenvalue weighted by Gasteiger charge is -2.31. The first-order valence-electron chi connectivity index (χ1n) is 7.93. The first-order chi connectivity index (χ1) is 10.2. The number of anilines is 1. The maximum absolute atomic E-state index is 12.2. The van der Waals surface area contributed by atoms with Gasteiger partial charge in [-0.1, -0.05) is 19.3 Å².